The first-order valence-corrected chi connectivity index (χ1v) is 5.44. The Bertz CT molecular complexity index is 390. The zero-order valence-corrected chi connectivity index (χ0v) is 10.5. The third kappa shape index (κ3) is 4.89. The summed E-state index contributed by atoms with van der Waals surface area (Å²) >= 11 is 5.43. The van der Waals surface area contributed by atoms with Gasteiger partial charge in [0.25, 0.3) is 0 Å². The Morgan fingerprint density at radius 3 is 1.94 bits per heavy atom. The molecule has 2 aromatic heterocycles. The minimum atomic E-state index is 0.544. The van der Waals surface area contributed by atoms with Crippen molar-refractivity contribution in [2.24, 2.45) is 0 Å². The van der Waals surface area contributed by atoms with Crippen molar-refractivity contribution >= 4 is 11.6 Å². The fourth-order valence-corrected chi connectivity index (χ4v) is 1.51. The van der Waals surface area contributed by atoms with E-state index in [0.29, 0.717) is 5.15 Å². The van der Waals surface area contributed by atoms with Crippen LogP contribution in [0.2, 0.25) is 5.15 Å². The largest absolute Gasteiger partial charge is 0.258 e. The van der Waals surface area contributed by atoms with Gasteiger partial charge in [-0.05, 0) is 50.6 Å². The van der Waals surface area contributed by atoms with Crippen molar-refractivity contribution in [1.29, 1.82) is 0 Å². The molecule has 0 saturated carbocycles. The van der Waals surface area contributed by atoms with Crippen LogP contribution in [0.3, 0.4) is 0 Å². The normalized spacial score (nSPS) is 9.25. The lowest BCUT2D eigenvalue weighted by molar-refractivity contribution is 1.10. The molecule has 2 nitrogen and oxygen atoms in total. The van der Waals surface area contributed by atoms with Gasteiger partial charge in [0, 0.05) is 17.6 Å². The van der Waals surface area contributed by atoms with E-state index < -0.39 is 0 Å². The molecule has 0 unspecified atom stereocenters. The zero-order chi connectivity index (χ0) is 12.0. The molecule has 0 aliphatic heterocycles. The fourth-order valence-electron chi connectivity index (χ4n) is 1.39. The van der Waals surface area contributed by atoms with E-state index in [-0.39, 0.29) is 0 Å². The fraction of sp³-hybridized carbons (Fsp3) is 0.231. The minimum Gasteiger partial charge on any atom is -0.258 e. The maximum Gasteiger partial charge on any atom is 0.129 e. The average molecular weight is 235 g/mol. The van der Waals surface area contributed by atoms with Crippen LogP contribution < -0.4 is 0 Å². The van der Waals surface area contributed by atoms with E-state index in [1.165, 1.54) is 5.56 Å². The van der Waals surface area contributed by atoms with E-state index >= 15 is 0 Å². The molecule has 16 heavy (non-hydrogen) atoms. The summed E-state index contributed by atoms with van der Waals surface area (Å²) in [5.41, 5.74) is 3.50. The highest BCUT2D eigenvalue weighted by molar-refractivity contribution is 6.29. The second kappa shape index (κ2) is 6.23. The maximum absolute atomic E-state index is 5.43. The number of pyridine rings is 2. The van der Waals surface area contributed by atoms with Crippen molar-refractivity contribution in [3.63, 3.8) is 0 Å². The third-order valence-corrected chi connectivity index (χ3v) is 2.08. The predicted molar refractivity (Wildman–Crippen MR) is 67.7 cm³/mol. The Hall–Kier alpha value is -1.41. The van der Waals surface area contributed by atoms with Gasteiger partial charge in [-0.2, -0.15) is 0 Å². The van der Waals surface area contributed by atoms with Crippen LogP contribution in [0.25, 0.3) is 0 Å². The standard InChI is InChI=1S/C8H11N.C5H4ClN/c1-6-4-7(2)9-8(3)5-6;6-5-3-1-2-4-7-5/h4-5H,1-3H3;1-4H. The molecular weight excluding hydrogens is 220 g/mol. The van der Waals surface area contributed by atoms with Crippen molar-refractivity contribution in [3.8, 4) is 0 Å². The molecule has 84 valence electrons. The molecule has 0 fully saturated rings. The number of hydrogen-bond donors (Lipinski definition) is 0. The summed E-state index contributed by atoms with van der Waals surface area (Å²) in [5, 5.41) is 0.544. The molecule has 0 aliphatic rings. The van der Waals surface area contributed by atoms with Crippen LogP contribution in [0.5, 0.6) is 0 Å². The van der Waals surface area contributed by atoms with Crippen LogP contribution in [0.15, 0.2) is 36.5 Å². The summed E-state index contributed by atoms with van der Waals surface area (Å²) in [6, 6.07) is 9.56. The van der Waals surface area contributed by atoms with Crippen molar-refractivity contribution in [2.45, 2.75) is 20.8 Å². The Labute approximate surface area is 101 Å². The van der Waals surface area contributed by atoms with Crippen LogP contribution in [-0.2, 0) is 0 Å². The maximum atomic E-state index is 5.43. The topological polar surface area (TPSA) is 25.8 Å². The number of rotatable bonds is 0. The summed E-state index contributed by atoms with van der Waals surface area (Å²) in [6.07, 6.45) is 1.66. The van der Waals surface area contributed by atoms with Gasteiger partial charge in [0.2, 0.25) is 0 Å². The van der Waals surface area contributed by atoms with Crippen LogP contribution in [0.4, 0.5) is 0 Å². The Kier molecular flexibility index (Phi) is 4.93. The SMILES string of the molecule is Cc1cc(C)nc(C)c1.Clc1ccccn1. The Balaban J connectivity index is 0.000000165. The Morgan fingerprint density at radius 1 is 1.00 bits per heavy atom. The zero-order valence-electron chi connectivity index (χ0n) is 9.74. The molecule has 0 spiro atoms. The molecule has 2 aromatic rings. The molecular formula is C13H15ClN2. The lowest BCUT2D eigenvalue weighted by Gasteiger charge is -1.96. The predicted octanol–water partition coefficient (Wildman–Crippen LogP) is 3.74. The molecule has 0 amide bonds. The number of halogens is 1. The number of hydrogen-bond acceptors (Lipinski definition) is 2. The first-order valence-electron chi connectivity index (χ1n) is 5.06. The second-order valence-electron chi connectivity index (χ2n) is 3.58. The van der Waals surface area contributed by atoms with Crippen molar-refractivity contribution in [1.82, 2.24) is 9.97 Å². The van der Waals surface area contributed by atoms with Gasteiger partial charge in [-0.1, -0.05) is 17.7 Å². The first kappa shape index (κ1) is 12.7. The molecule has 0 N–H and O–H groups in total. The second-order valence-corrected chi connectivity index (χ2v) is 3.97. The lowest BCUT2D eigenvalue weighted by Crippen LogP contribution is -1.85. The van der Waals surface area contributed by atoms with Crippen LogP contribution in [0.1, 0.15) is 17.0 Å². The summed E-state index contributed by atoms with van der Waals surface area (Å²) in [4.78, 5) is 7.98. The average Bonchev–Trinajstić information content (AvgIpc) is 2.17. The lowest BCUT2D eigenvalue weighted by atomic mass is 10.2. The van der Waals surface area contributed by atoms with E-state index in [2.05, 4.69) is 29.0 Å². The first-order chi connectivity index (χ1) is 7.58. The van der Waals surface area contributed by atoms with E-state index in [9.17, 15) is 0 Å². The summed E-state index contributed by atoms with van der Waals surface area (Å²) in [6.45, 7) is 6.11. The molecule has 0 bridgehead atoms. The van der Waals surface area contributed by atoms with Crippen LogP contribution >= 0.6 is 11.6 Å². The molecule has 2 rings (SSSR count). The molecule has 0 aliphatic carbocycles. The molecule has 0 radical (unpaired) electrons. The van der Waals surface area contributed by atoms with Crippen molar-refractivity contribution < 1.29 is 0 Å². The van der Waals surface area contributed by atoms with Crippen LogP contribution in [0, 0.1) is 20.8 Å². The summed E-state index contributed by atoms with van der Waals surface area (Å²) in [5.74, 6) is 0. The van der Waals surface area contributed by atoms with Gasteiger partial charge in [0.1, 0.15) is 5.15 Å². The van der Waals surface area contributed by atoms with Crippen LogP contribution in [-0.4, -0.2) is 9.97 Å². The third-order valence-electron chi connectivity index (χ3n) is 1.85. The number of aromatic nitrogens is 2. The van der Waals surface area contributed by atoms with E-state index in [1.807, 2.05) is 26.0 Å². The van der Waals surface area contributed by atoms with Gasteiger partial charge in [-0.25, -0.2) is 4.98 Å². The van der Waals surface area contributed by atoms with Crippen molar-refractivity contribution in [3.05, 3.63) is 58.6 Å². The Morgan fingerprint density at radius 2 is 1.62 bits per heavy atom. The van der Waals surface area contributed by atoms with E-state index in [4.69, 9.17) is 11.6 Å². The van der Waals surface area contributed by atoms with Gasteiger partial charge >= 0.3 is 0 Å². The highest BCUT2D eigenvalue weighted by Gasteiger charge is 1.88. The van der Waals surface area contributed by atoms with Gasteiger partial charge in [-0.15, -0.1) is 0 Å². The summed E-state index contributed by atoms with van der Waals surface area (Å²) in [7, 11) is 0. The van der Waals surface area contributed by atoms with Gasteiger partial charge in [0.15, 0.2) is 0 Å². The summed E-state index contributed by atoms with van der Waals surface area (Å²) < 4.78 is 0. The van der Waals surface area contributed by atoms with Gasteiger partial charge < -0.3 is 0 Å². The number of aryl methyl sites for hydroxylation is 3. The highest BCUT2D eigenvalue weighted by Crippen LogP contribution is 2.01. The molecule has 0 aromatic carbocycles. The number of nitrogens with zero attached hydrogens (tertiary/aromatic N) is 2. The van der Waals surface area contributed by atoms with Gasteiger partial charge in [-0.3, -0.25) is 4.98 Å². The van der Waals surface area contributed by atoms with E-state index in [1.54, 1.807) is 12.3 Å². The van der Waals surface area contributed by atoms with Gasteiger partial charge in [0.05, 0.1) is 0 Å². The van der Waals surface area contributed by atoms with Crippen molar-refractivity contribution in [2.75, 3.05) is 0 Å². The quantitative estimate of drug-likeness (QED) is 0.649. The molecule has 0 saturated heterocycles. The highest BCUT2D eigenvalue weighted by atomic mass is 35.5. The molecule has 2 heterocycles. The molecule has 3 heteroatoms. The smallest absolute Gasteiger partial charge is 0.129 e. The monoisotopic (exact) mass is 234 g/mol. The minimum absolute atomic E-state index is 0.544. The molecule has 0 atom stereocenters. The van der Waals surface area contributed by atoms with E-state index in [0.717, 1.165) is 11.4 Å².